The molecule has 1 aromatic rings. The van der Waals surface area contributed by atoms with E-state index in [2.05, 4.69) is 20.6 Å². The molecule has 2 N–H and O–H groups in total. The molecule has 7 heteroatoms. The summed E-state index contributed by atoms with van der Waals surface area (Å²) < 4.78 is 0. The standard InChI is InChI=1S/C15H21N5O2/c1-10-18-12-6-3-2-5-11(12)14(19-10)16-7-4-8-20-13(21)9-17-15(20)22/h2-9H2,1H3,(H,17,22)(H,16,18,19). The van der Waals surface area contributed by atoms with Gasteiger partial charge < -0.3 is 10.6 Å². The van der Waals surface area contributed by atoms with E-state index in [4.69, 9.17) is 0 Å². The number of aromatic nitrogens is 2. The quantitative estimate of drug-likeness (QED) is 0.626. The van der Waals surface area contributed by atoms with E-state index in [1.54, 1.807) is 0 Å². The van der Waals surface area contributed by atoms with Crippen LogP contribution >= 0.6 is 0 Å². The molecular weight excluding hydrogens is 282 g/mol. The van der Waals surface area contributed by atoms with E-state index < -0.39 is 0 Å². The van der Waals surface area contributed by atoms with Gasteiger partial charge in [-0.15, -0.1) is 0 Å². The minimum atomic E-state index is -0.291. The number of aryl methyl sites for hydroxylation is 2. The number of hydrogen-bond acceptors (Lipinski definition) is 5. The molecular formula is C15H21N5O2. The van der Waals surface area contributed by atoms with Crippen LogP contribution in [0.25, 0.3) is 0 Å². The van der Waals surface area contributed by atoms with Crippen LogP contribution in [0.3, 0.4) is 0 Å². The fourth-order valence-electron chi connectivity index (χ4n) is 2.99. The summed E-state index contributed by atoms with van der Waals surface area (Å²) >= 11 is 0. The molecule has 0 aromatic carbocycles. The molecule has 0 unspecified atom stereocenters. The van der Waals surface area contributed by atoms with Gasteiger partial charge in [0.2, 0.25) is 5.91 Å². The predicted octanol–water partition coefficient (Wildman–Crippen LogP) is 1.02. The van der Waals surface area contributed by atoms with Crippen molar-refractivity contribution in [1.82, 2.24) is 20.2 Å². The van der Waals surface area contributed by atoms with Crippen LogP contribution in [0.4, 0.5) is 10.6 Å². The first-order chi connectivity index (χ1) is 10.6. The van der Waals surface area contributed by atoms with Crippen LogP contribution < -0.4 is 10.6 Å². The van der Waals surface area contributed by atoms with E-state index in [9.17, 15) is 9.59 Å². The van der Waals surface area contributed by atoms with Gasteiger partial charge in [-0.2, -0.15) is 0 Å². The number of nitrogens with zero attached hydrogens (tertiary/aromatic N) is 3. The van der Waals surface area contributed by atoms with Crippen LogP contribution in [-0.4, -0.2) is 46.4 Å². The Morgan fingerprint density at radius 2 is 2.05 bits per heavy atom. The van der Waals surface area contributed by atoms with E-state index in [-0.39, 0.29) is 18.5 Å². The van der Waals surface area contributed by atoms with Gasteiger partial charge in [0.25, 0.3) is 0 Å². The van der Waals surface area contributed by atoms with Crippen molar-refractivity contribution >= 4 is 17.8 Å². The van der Waals surface area contributed by atoms with Gasteiger partial charge in [-0.25, -0.2) is 14.8 Å². The second kappa shape index (κ2) is 6.29. The highest BCUT2D eigenvalue weighted by Crippen LogP contribution is 2.25. The highest BCUT2D eigenvalue weighted by molar-refractivity contribution is 6.01. The molecule has 0 radical (unpaired) electrons. The van der Waals surface area contributed by atoms with Gasteiger partial charge in [-0.3, -0.25) is 9.69 Å². The summed E-state index contributed by atoms with van der Waals surface area (Å²) in [6.45, 7) is 3.14. The van der Waals surface area contributed by atoms with Gasteiger partial charge in [0.15, 0.2) is 0 Å². The Kier molecular flexibility index (Phi) is 4.22. The van der Waals surface area contributed by atoms with Gasteiger partial charge in [0.1, 0.15) is 11.6 Å². The lowest BCUT2D eigenvalue weighted by atomic mass is 9.96. The summed E-state index contributed by atoms with van der Waals surface area (Å²) in [5.41, 5.74) is 2.39. The van der Waals surface area contributed by atoms with Crippen molar-refractivity contribution in [2.75, 3.05) is 25.0 Å². The SMILES string of the molecule is Cc1nc2c(c(NCCCN3C(=O)CNC3=O)n1)CCCC2. The third-order valence-corrected chi connectivity index (χ3v) is 4.08. The number of carbonyl (C=O) groups is 2. The first kappa shape index (κ1) is 14.7. The maximum Gasteiger partial charge on any atom is 0.324 e. The molecule has 2 heterocycles. The third kappa shape index (κ3) is 3.03. The highest BCUT2D eigenvalue weighted by atomic mass is 16.2. The Labute approximate surface area is 129 Å². The Hall–Kier alpha value is -2.18. The summed E-state index contributed by atoms with van der Waals surface area (Å²) in [6, 6.07) is -0.291. The van der Waals surface area contributed by atoms with Gasteiger partial charge in [0.05, 0.1) is 6.54 Å². The zero-order chi connectivity index (χ0) is 15.5. The summed E-state index contributed by atoms with van der Waals surface area (Å²) in [5.74, 6) is 1.55. The molecule has 1 saturated heterocycles. The van der Waals surface area contributed by atoms with Gasteiger partial charge >= 0.3 is 6.03 Å². The topological polar surface area (TPSA) is 87.2 Å². The second-order valence-electron chi connectivity index (χ2n) is 5.74. The smallest absolute Gasteiger partial charge is 0.324 e. The van der Waals surface area contributed by atoms with Gasteiger partial charge in [0, 0.05) is 24.3 Å². The number of carbonyl (C=O) groups excluding carboxylic acids is 2. The lowest BCUT2D eigenvalue weighted by molar-refractivity contribution is -0.124. The molecule has 118 valence electrons. The Morgan fingerprint density at radius 1 is 1.23 bits per heavy atom. The number of urea groups is 1. The van der Waals surface area contributed by atoms with Crippen molar-refractivity contribution in [3.05, 3.63) is 17.1 Å². The Morgan fingerprint density at radius 3 is 2.82 bits per heavy atom. The van der Waals surface area contributed by atoms with Crippen molar-refractivity contribution < 1.29 is 9.59 Å². The number of amides is 3. The first-order valence-corrected chi connectivity index (χ1v) is 7.83. The van der Waals surface area contributed by atoms with E-state index >= 15 is 0 Å². The molecule has 0 bridgehead atoms. The Balaban J connectivity index is 1.57. The van der Waals surface area contributed by atoms with Crippen molar-refractivity contribution in [2.24, 2.45) is 0 Å². The van der Waals surface area contributed by atoms with Crippen LogP contribution in [0.5, 0.6) is 0 Å². The number of rotatable bonds is 5. The molecule has 1 fully saturated rings. The second-order valence-corrected chi connectivity index (χ2v) is 5.74. The minimum absolute atomic E-state index is 0.116. The third-order valence-electron chi connectivity index (χ3n) is 4.08. The molecule has 1 aliphatic carbocycles. The van der Waals surface area contributed by atoms with Crippen molar-refractivity contribution in [3.8, 4) is 0 Å². The molecule has 0 saturated carbocycles. The maximum atomic E-state index is 11.5. The molecule has 1 aliphatic heterocycles. The lowest BCUT2D eigenvalue weighted by Crippen LogP contribution is -2.32. The average molecular weight is 303 g/mol. The van der Waals surface area contributed by atoms with Crippen LogP contribution in [-0.2, 0) is 17.6 Å². The number of anilines is 1. The largest absolute Gasteiger partial charge is 0.370 e. The zero-order valence-electron chi connectivity index (χ0n) is 12.8. The van der Waals surface area contributed by atoms with E-state index in [0.717, 1.165) is 30.2 Å². The fourth-order valence-corrected chi connectivity index (χ4v) is 2.99. The molecule has 2 aliphatic rings. The van der Waals surface area contributed by atoms with Crippen molar-refractivity contribution in [2.45, 2.75) is 39.0 Å². The van der Waals surface area contributed by atoms with Gasteiger partial charge in [-0.05, 0) is 39.0 Å². The summed E-state index contributed by atoms with van der Waals surface area (Å²) in [7, 11) is 0. The van der Waals surface area contributed by atoms with Crippen molar-refractivity contribution in [3.63, 3.8) is 0 Å². The maximum absolute atomic E-state index is 11.5. The normalized spacial score (nSPS) is 17.4. The molecule has 3 rings (SSSR count). The van der Waals surface area contributed by atoms with Crippen LogP contribution in [0, 0.1) is 6.92 Å². The lowest BCUT2D eigenvalue weighted by Gasteiger charge is -2.19. The van der Waals surface area contributed by atoms with E-state index in [1.165, 1.54) is 23.3 Å². The molecule has 0 spiro atoms. The van der Waals surface area contributed by atoms with Crippen molar-refractivity contribution in [1.29, 1.82) is 0 Å². The zero-order valence-corrected chi connectivity index (χ0v) is 12.8. The molecule has 3 amide bonds. The van der Waals surface area contributed by atoms with E-state index in [0.29, 0.717) is 19.5 Å². The monoisotopic (exact) mass is 303 g/mol. The summed E-state index contributed by atoms with van der Waals surface area (Å²) in [6.07, 6.45) is 5.11. The molecule has 1 aromatic heterocycles. The van der Waals surface area contributed by atoms with Gasteiger partial charge in [-0.1, -0.05) is 0 Å². The van der Waals surface area contributed by atoms with E-state index in [1.807, 2.05) is 6.92 Å². The minimum Gasteiger partial charge on any atom is -0.370 e. The number of hydrogen-bond donors (Lipinski definition) is 2. The molecule has 22 heavy (non-hydrogen) atoms. The predicted molar refractivity (Wildman–Crippen MR) is 81.6 cm³/mol. The van der Waals surface area contributed by atoms with Crippen LogP contribution in [0.1, 0.15) is 36.3 Å². The summed E-state index contributed by atoms with van der Waals surface area (Å²) in [5, 5.41) is 5.87. The first-order valence-electron chi connectivity index (χ1n) is 7.83. The number of imide groups is 1. The molecule has 7 nitrogen and oxygen atoms in total. The summed E-state index contributed by atoms with van der Waals surface area (Å²) in [4.78, 5) is 33.2. The van der Waals surface area contributed by atoms with Crippen LogP contribution in [0.15, 0.2) is 0 Å². The van der Waals surface area contributed by atoms with Crippen LogP contribution in [0.2, 0.25) is 0 Å². The highest BCUT2D eigenvalue weighted by Gasteiger charge is 2.27. The number of nitrogens with one attached hydrogen (secondary N) is 2. The Bertz CT molecular complexity index is 586. The fraction of sp³-hybridized carbons (Fsp3) is 0.600. The average Bonchev–Trinajstić information content (AvgIpc) is 2.82. The molecule has 0 atom stereocenters. The number of fused-ring (bicyclic) bond motifs is 1.